The molecule has 5 heteroatoms. The van der Waals surface area contributed by atoms with Crippen LogP contribution in [0.25, 0.3) is 0 Å². The first-order valence-electron chi connectivity index (χ1n) is 8.59. The molecule has 1 aromatic rings. The molecule has 0 aliphatic heterocycles. The van der Waals surface area contributed by atoms with Crippen LogP contribution in [0.15, 0.2) is 35.5 Å². The highest BCUT2D eigenvalue weighted by atomic mass is 35.5. The average Bonchev–Trinajstić information content (AvgIpc) is 2.90. The van der Waals surface area contributed by atoms with E-state index in [1.54, 1.807) is 12.1 Å². The first-order chi connectivity index (χ1) is 11.5. The van der Waals surface area contributed by atoms with Crippen LogP contribution < -0.4 is 10.6 Å². The number of nitrogens with one attached hydrogen (secondary N) is 2. The molecule has 1 amide bonds. The molecule has 0 saturated heterocycles. The van der Waals surface area contributed by atoms with Crippen molar-refractivity contribution in [2.45, 2.75) is 51.5 Å². The summed E-state index contributed by atoms with van der Waals surface area (Å²) in [7, 11) is 0. The van der Waals surface area contributed by atoms with Crippen molar-refractivity contribution in [3.8, 4) is 0 Å². The number of ketones is 1. The van der Waals surface area contributed by atoms with E-state index in [2.05, 4.69) is 10.6 Å². The van der Waals surface area contributed by atoms with E-state index in [0.29, 0.717) is 17.5 Å². The Balaban J connectivity index is 1.49. The van der Waals surface area contributed by atoms with E-state index in [-0.39, 0.29) is 17.6 Å². The van der Waals surface area contributed by atoms with Crippen molar-refractivity contribution >= 4 is 29.0 Å². The number of hydrogen-bond acceptors (Lipinski definition) is 3. The summed E-state index contributed by atoms with van der Waals surface area (Å²) in [6.45, 7) is 1.91. The lowest BCUT2D eigenvalue weighted by Crippen LogP contribution is -2.36. The third-order valence-corrected chi connectivity index (χ3v) is 5.31. The fraction of sp³-hybridized carbons (Fsp3) is 0.474. The smallest absolute Gasteiger partial charge is 0.227 e. The van der Waals surface area contributed by atoms with Crippen molar-refractivity contribution in [2.75, 3.05) is 5.32 Å². The van der Waals surface area contributed by atoms with Crippen LogP contribution in [-0.2, 0) is 9.59 Å². The van der Waals surface area contributed by atoms with Crippen molar-refractivity contribution in [1.29, 1.82) is 0 Å². The number of amides is 1. The van der Waals surface area contributed by atoms with Crippen molar-refractivity contribution in [3.05, 3.63) is 40.6 Å². The van der Waals surface area contributed by atoms with E-state index < -0.39 is 0 Å². The molecule has 1 fully saturated rings. The van der Waals surface area contributed by atoms with E-state index in [4.69, 9.17) is 11.6 Å². The van der Waals surface area contributed by atoms with Gasteiger partial charge in [0.05, 0.1) is 0 Å². The van der Waals surface area contributed by atoms with E-state index in [1.165, 1.54) is 0 Å². The average molecular weight is 347 g/mol. The number of carbonyl (C=O) groups excluding carboxylic acids is 2. The standard InChI is InChI=1S/C19H23ClN2O2/c1-12-17(10-11-18(12)23)21-15-6-2-13(3-7-15)19(24)22-16-8-4-14(20)5-9-16/h4-5,8-9,13,15,21H,2-3,6-7,10-11H2,1H3,(H,22,24). The van der Waals surface area contributed by atoms with Crippen LogP contribution in [0.5, 0.6) is 0 Å². The number of benzene rings is 1. The van der Waals surface area contributed by atoms with Gasteiger partial charge < -0.3 is 10.6 Å². The Morgan fingerprint density at radius 1 is 1.08 bits per heavy atom. The molecular weight excluding hydrogens is 324 g/mol. The Morgan fingerprint density at radius 2 is 1.75 bits per heavy atom. The van der Waals surface area contributed by atoms with Crippen molar-refractivity contribution in [3.63, 3.8) is 0 Å². The maximum Gasteiger partial charge on any atom is 0.227 e. The second-order valence-electron chi connectivity index (χ2n) is 6.72. The van der Waals surface area contributed by atoms with Gasteiger partial charge >= 0.3 is 0 Å². The molecule has 1 aromatic carbocycles. The van der Waals surface area contributed by atoms with Gasteiger partial charge in [-0.15, -0.1) is 0 Å². The lowest BCUT2D eigenvalue weighted by Gasteiger charge is -2.29. The van der Waals surface area contributed by atoms with E-state index in [9.17, 15) is 9.59 Å². The predicted octanol–water partition coefficient (Wildman–Crippen LogP) is 4.06. The molecule has 0 radical (unpaired) electrons. The third kappa shape index (κ3) is 3.99. The lowest BCUT2D eigenvalue weighted by atomic mass is 9.85. The van der Waals surface area contributed by atoms with Gasteiger partial charge in [0.1, 0.15) is 0 Å². The van der Waals surface area contributed by atoms with Gasteiger partial charge in [0.25, 0.3) is 0 Å². The van der Waals surface area contributed by atoms with Crippen LogP contribution in [0.2, 0.25) is 5.02 Å². The molecule has 0 aromatic heterocycles. The third-order valence-electron chi connectivity index (χ3n) is 5.06. The number of rotatable bonds is 4. The first-order valence-corrected chi connectivity index (χ1v) is 8.96. The van der Waals surface area contributed by atoms with Crippen LogP contribution >= 0.6 is 11.6 Å². The zero-order valence-corrected chi connectivity index (χ0v) is 14.7. The SMILES string of the molecule is CC1=C(NC2CCC(C(=O)Nc3ccc(Cl)cc3)CC2)CCC1=O. The molecule has 2 aliphatic carbocycles. The van der Waals surface area contributed by atoms with E-state index >= 15 is 0 Å². The monoisotopic (exact) mass is 346 g/mol. The molecule has 0 unspecified atom stereocenters. The van der Waals surface area contributed by atoms with E-state index in [0.717, 1.165) is 49.1 Å². The number of allylic oxidation sites excluding steroid dienone is 2. The van der Waals surface area contributed by atoms with Crippen LogP contribution in [-0.4, -0.2) is 17.7 Å². The summed E-state index contributed by atoms with van der Waals surface area (Å²) < 4.78 is 0. The van der Waals surface area contributed by atoms with Gasteiger partial charge in [0, 0.05) is 40.4 Å². The van der Waals surface area contributed by atoms with Gasteiger partial charge in [-0.25, -0.2) is 0 Å². The van der Waals surface area contributed by atoms with Gasteiger partial charge in [-0.3, -0.25) is 9.59 Å². The largest absolute Gasteiger partial charge is 0.385 e. The minimum atomic E-state index is 0.0546. The normalized spacial score (nSPS) is 24.2. The van der Waals surface area contributed by atoms with Crippen molar-refractivity contribution in [1.82, 2.24) is 5.32 Å². The number of anilines is 1. The molecule has 4 nitrogen and oxygen atoms in total. The van der Waals surface area contributed by atoms with Gasteiger partial charge in [0.15, 0.2) is 5.78 Å². The summed E-state index contributed by atoms with van der Waals surface area (Å²) in [4.78, 5) is 24.0. The minimum Gasteiger partial charge on any atom is -0.385 e. The number of carbonyl (C=O) groups is 2. The Morgan fingerprint density at radius 3 is 2.33 bits per heavy atom. The number of halogens is 1. The molecule has 24 heavy (non-hydrogen) atoms. The Kier molecular flexibility index (Phi) is 5.24. The maximum absolute atomic E-state index is 12.4. The molecule has 1 saturated carbocycles. The molecule has 0 spiro atoms. The van der Waals surface area contributed by atoms with Crippen LogP contribution in [0.3, 0.4) is 0 Å². The molecular formula is C19H23ClN2O2. The van der Waals surface area contributed by atoms with Gasteiger partial charge in [-0.2, -0.15) is 0 Å². The molecule has 3 rings (SSSR count). The Bertz CT molecular complexity index is 658. The Hall–Kier alpha value is -1.81. The molecule has 2 aliphatic rings. The van der Waals surface area contributed by atoms with Crippen LogP contribution in [0.1, 0.15) is 45.4 Å². The van der Waals surface area contributed by atoms with Crippen molar-refractivity contribution in [2.24, 2.45) is 5.92 Å². The fourth-order valence-corrected chi connectivity index (χ4v) is 3.61. The van der Waals surface area contributed by atoms with Crippen LogP contribution in [0.4, 0.5) is 5.69 Å². The molecule has 128 valence electrons. The lowest BCUT2D eigenvalue weighted by molar-refractivity contribution is -0.120. The topological polar surface area (TPSA) is 58.2 Å². The van der Waals surface area contributed by atoms with Crippen molar-refractivity contribution < 1.29 is 9.59 Å². The maximum atomic E-state index is 12.4. The Labute approximate surface area is 147 Å². The highest BCUT2D eigenvalue weighted by Crippen LogP contribution is 2.28. The number of Topliss-reactive ketones (excluding diaryl/α,β-unsaturated/α-hetero) is 1. The first kappa shape index (κ1) is 17.0. The van der Waals surface area contributed by atoms with Crippen LogP contribution in [0, 0.1) is 5.92 Å². The highest BCUT2D eigenvalue weighted by Gasteiger charge is 2.28. The molecule has 2 N–H and O–H groups in total. The zero-order valence-electron chi connectivity index (χ0n) is 13.9. The zero-order chi connectivity index (χ0) is 17.1. The minimum absolute atomic E-state index is 0.0546. The van der Waals surface area contributed by atoms with Gasteiger partial charge in [-0.1, -0.05) is 11.6 Å². The quantitative estimate of drug-likeness (QED) is 0.864. The summed E-state index contributed by atoms with van der Waals surface area (Å²) >= 11 is 5.86. The second-order valence-corrected chi connectivity index (χ2v) is 7.15. The fourth-order valence-electron chi connectivity index (χ4n) is 3.49. The summed E-state index contributed by atoms with van der Waals surface area (Å²) in [6.07, 6.45) is 5.14. The molecule has 0 heterocycles. The summed E-state index contributed by atoms with van der Waals surface area (Å²) in [5, 5.41) is 7.16. The summed E-state index contributed by atoms with van der Waals surface area (Å²) in [6, 6.07) is 7.56. The summed E-state index contributed by atoms with van der Waals surface area (Å²) in [5.74, 6) is 0.398. The van der Waals surface area contributed by atoms with Gasteiger partial charge in [0.2, 0.25) is 5.91 Å². The summed E-state index contributed by atoms with van der Waals surface area (Å²) in [5.41, 5.74) is 2.78. The molecule has 0 bridgehead atoms. The van der Waals surface area contributed by atoms with Gasteiger partial charge in [-0.05, 0) is 63.3 Å². The van der Waals surface area contributed by atoms with E-state index in [1.807, 2.05) is 19.1 Å². The second kappa shape index (κ2) is 7.39. The highest BCUT2D eigenvalue weighted by molar-refractivity contribution is 6.30. The molecule has 0 atom stereocenters. The number of hydrogen-bond donors (Lipinski definition) is 2. The predicted molar refractivity (Wildman–Crippen MR) is 95.9 cm³/mol.